The van der Waals surface area contributed by atoms with Crippen LogP contribution in [0.2, 0.25) is 0 Å². The third kappa shape index (κ3) is 3.42. The Labute approximate surface area is 169 Å². The Hall–Kier alpha value is -3.41. The Bertz CT molecular complexity index is 1240. The van der Waals surface area contributed by atoms with Crippen molar-refractivity contribution in [1.29, 1.82) is 0 Å². The molecule has 0 radical (unpaired) electrons. The van der Waals surface area contributed by atoms with Gasteiger partial charge >= 0.3 is 0 Å². The zero-order valence-corrected chi connectivity index (χ0v) is 16.9. The van der Waals surface area contributed by atoms with E-state index in [1.807, 2.05) is 80.1 Å². The van der Waals surface area contributed by atoms with Crippen LogP contribution < -0.4 is 5.56 Å². The number of aromatic nitrogens is 3. The summed E-state index contributed by atoms with van der Waals surface area (Å²) in [7, 11) is 1.87. The highest BCUT2D eigenvalue weighted by Crippen LogP contribution is 2.24. The van der Waals surface area contributed by atoms with Crippen LogP contribution in [0.1, 0.15) is 19.4 Å². The quantitative estimate of drug-likeness (QED) is 0.527. The number of benzene rings is 2. The van der Waals surface area contributed by atoms with Gasteiger partial charge in [0.1, 0.15) is 12.1 Å². The predicted molar refractivity (Wildman–Crippen MR) is 115 cm³/mol. The molecular formula is C23H24N4O2. The minimum atomic E-state index is -0.252. The number of hydrogen-bond donors (Lipinski definition) is 0. The van der Waals surface area contributed by atoms with Gasteiger partial charge in [0.2, 0.25) is 5.91 Å². The fourth-order valence-corrected chi connectivity index (χ4v) is 3.78. The van der Waals surface area contributed by atoms with Gasteiger partial charge in [0.25, 0.3) is 5.56 Å². The second-order valence-corrected chi connectivity index (χ2v) is 7.55. The molecule has 2 aromatic carbocycles. The predicted octanol–water partition coefficient (Wildman–Crippen LogP) is 3.33. The fourth-order valence-electron chi connectivity index (χ4n) is 3.78. The van der Waals surface area contributed by atoms with Crippen molar-refractivity contribution in [3.63, 3.8) is 0 Å². The Kier molecular flexibility index (Phi) is 4.92. The number of hydrogen-bond acceptors (Lipinski definition) is 3. The summed E-state index contributed by atoms with van der Waals surface area (Å²) in [6.07, 6.45) is 1.68. The standard InChI is InChI=1S/C23H24N4O2/c1-16(2)26(14-17-9-5-4-6-10-17)21(28)15-27-23(29)22-19(13-24-27)18-11-7-8-12-20(18)25(22)3/h4-13,16H,14-15H2,1-3H3. The number of fused-ring (bicyclic) bond motifs is 3. The number of aryl methyl sites for hydroxylation is 1. The summed E-state index contributed by atoms with van der Waals surface area (Å²) in [5.41, 5.74) is 2.34. The van der Waals surface area contributed by atoms with Crippen molar-refractivity contribution in [2.24, 2.45) is 7.05 Å². The minimum absolute atomic E-state index is 0.0137. The first-order valence-electron chi connectivity index (χ1n) is 9.74. The van der Waals surface area contributed by atoms with E-state index in [0.717, 1.165) is 21.9 Å². The first-order valence-corrected chi connectivity index (χ1v) is 9.74. The molecule has 6 heteroatoms. The molecule has 0 spiro atoms. The van der Waals surface area contributed by atoms with Gasteiger partial charge in [-0.05, 0) is 25.5 Å². The van der Waals surface area contributed by atoms with Gasteiger partial charge in [0, 0.05) is 35.9 Å². The average Bonchev–Trinajstić information content (AvgIpc) is 3.02. The van der Waals surface area contributed by atoms with Gasteiger partial charge in [0.15, 0.2) is 0 Å². The van der Waals surface area contributed by atoms with Crippen molar-refractivity contribution in [2.75, 3.05) is 0 Å². The number of amides is 1. The molecule has 0 saturated heterocycles. The zero-order chi connectivity index (χ0) is 20.5. The number of para-hydroxylation sites is 1. The molecule has 0 saturated carbocycles. The van der Waals surface area contributed by atoms with Gasteiger partial charge in [-0.3, -0.25) is 9.59 Å². The molecule has 148 valence electrons. The van der Waals surface area contributed by atoms with Crippen LogP contribution in [0.5, 0.6) is 0 Å². The second kappa shape index (κ2) is 7.54. The van der Waals surface area contributed by atoms with Gasteiger partial charge in [-0.1, -0.05) is 48.5 Å². The highest BCUT2D eigenvalue weighted by Gasteiger charge is 2.20. The Morgan fingerprint density at radius 3 is 2.45 bits per heavy atom. The SMILES string of the molecule is CC(C)N(Cc1ccccc1)C(=O)Cn1ncc2c3ccccc3n(C)c2c1=O. The number of rotatable bonds is 5. The third-order valence-electron chi connectivity index (χ3n) is 5.33. The van der Waals surface area contributed by atoms with Crippen LogP contribution in [-0.4, -0.2) is 31.2 Å². The van der Waals surface area contributed by atoms with Crippen molar-refractivity contribution in [1.82, 2.24) is 19.2 Å². The van der Waals surface area contributed by atoms with E-state index in [1.54, 1.807) is 11.1 Å². The number of carbonyl (C=O) groups excluding carboxylic acids is 1. The maximum absolute atomic E-state index is 13.1. The Balaban J connectivity index is 1.68. The fraction of sp³-hybridized carbons (Fsp3) is 0.261. The molecule has 0 aliphatic carbocycles. The first kappa shape index (κ1) is 18.9. The second-order valence-electron chi connectivity index (χ2n) is 7.55. The van der Waals surface area contributed by atoms with E-state index >= 15 is 0 Å². The van der Waals surface area contributed by atoms with Crippen LogP contribution in [0.15, 0.2) is 65.6 Å². The molecule has 0 atom stereocenters. The summed E-state index contributed by atoms with van der Waals surface area (Å²) in [5, 5.41) is 6.10. The van der Waals surface area contributed by atoms with Crippen molar-refractivity contribution >= 4 is 27.7 Å². The number of carbonyl (C=O) groups is 1. The molecule has 4 aromatic rings. The molecule has 1 amide bonds. The van der Waals surface area contributed by atoms with Crippen molar-refractivity contribution in [3.8, 4) is 0 Å². The molecule has 2 aromatic heterocycles. The largest absolute Gasteiger partial charge is 0.339 e. The van der Waals surface area contributed by atoms with E-state index < -0.39 is 0 Å². The van der Waals surface area contributed by atoms with Crippen molar-refractivity contribution < 1.29 is 4.79 Å². The molecule has 0 N–H and O–H groups in total. The topological polar surface area (TPSA) is 60.1 Å². The Morgan fingerprint density at radius 2 is 1.72 bits per heavy atom. The summed E-state index contributed by atoms with van der Waals surface area (Å²) >= 11 is 0. The lowest BCUT2D eigenvalue weighted by Gasteiger charge is -2.27. The summed E-state index contributed by atoms with van der Waals surface area (Å²) in [5.74, 6) is -0.128. The van der Waals surface area contributed by atoms with E-state index in [4.69, 9.17) is 0 Å². The van der Waals surface area contributed by atoms with Gasteiger partial charge in [-0.2, -0.15) is 5.10 Å². The first-order chi connectivity index (χ1) is 14.0. The maximum atomic E-state index is 13.1. The van der Waals surface area contributed by atoms with Gasteiger partial charge in [-0.25, -0.2) is 4.68 Å². The van der Waals surface area contributed by atoms with Crippen LogP contribution in [0.3, 0.4) is 0 Å². The van der Waals surface area contributed by atoms with Crippen LogP contribution in [0.25, 0.3) is 21.8 Å². The lowest BCUT2D eigenvalue weighted by Crippen LogP contribution is -2.41. The molecule has 4 rings (SSSR count). The molecular weight excluding hydrogens is 364 g/mol. The summed E-state index contributed by atoms with van der Waals surface area (Å²) in [6.45, 7) is 4.37. The van der Waals surface area contributed by atoms with E-state index in [2.05, 4.69) is 5.10 Å². The molecule has 0 fully saturated rings. The molecule has 0 aliphatic heterocycles. The van der Waals surface area contributed by atoms with Crippen LogP contribution in [0, 0.1) is 0 Å². The van der Waals surface area contributed by atoms with Crippen molar-refractivity contribution in [2.45, 2.75) is 33.0 Å². The van der Waals surface area contributed by atoms with Gasteiger partial charge < -0.3 is 9.47 Å². The third-order valence-corrected chi connectivity index (χ3v) is 5.33. The summed E-state index contributed by atoms with van der Waals surface area (Å²) in [6, 6.07) is 17.7. The van der Waals surface area contributed by atoms with Gasteiger partial charge in [-0.15, -0.1) is 0 Å². The highest BCUT2D eigenvalue weighted by molar-refractivity contribution is 6.07. The monoisotopic (exact) mass is 388 g/mol. The smallest absolute Gasteiger partial charge is 0.291 e. The minimum Gasteiger partial charge on any atom is -0.339 e. The molecule has 29 heavy (non-hydrogen) atoms. The summed E-state index contributed by atoms with van der Waals surface area (Å²) < 4.78 is 3.14. The lowest BCUT2D eigenvalue weighted by molar-refractivity contribution is -0.134. The van der Waals surface area contributed by atoms with E-state index in [9.17, 15) is 9.59 Å². The molecule has 0 unspecified atom stereocenters. The van der Waals surface area contributed by atoms with Crippen LogP contribution >= 0.6 is 0 Å². The van der Waals surface area contributed by atoms with Crippen molar-refractivity contribution in [3.05, 3.63) is 76.7 Å². The molecule has 2 heterocycles. The molecule has 0 aliphatic rings. The van der Waals surface area contributed by atoms with Crippen LogP contribution in [-0.2, 0) is 24.9 Å². The zero-order valence-electron chi connectivity index (χ0n) is 16.9. The van der Waals surface area contributed by atoms with Gasteiger partial charge in [0.05, 0.1) is 6.20 Å². The molecule has 0 bridgehead atoms. The average molecular weight is 388 g/mol. The number of nitrogens with zero attached hydrogens (tertiary/aromatic N) is 4. The summed E-state index contributed by atoms with van der Waals surface area (Å²) in [4.78, 5) is 27.9. The van der Waals surface area contributed by atoms with E-state index in [1.165, 1.54) is 4.68 Å². The lowest BCUT2D eigenvalue weighted by atomic mass is 10.2. The van der Waals surface area contributed by atoms with E-state index in [0.29, 0.717) is 12.1 Å². The normalized spacial score (nSPS) is 11.4. The van der Waals surface area contributed by atoms with E-state index in [-0.39, 0.29) is 24.1 Å². The maximum Gasteiger partial charge on any atom is 0.291 e. The van der Waals surface area contributed by atoms with Crippen LogP contribution in [0.4, 0.5) is 0 Å². The molecule has 6 nitrogen and oxygen atoms in total. The highest BCUT2D eigenvalue weighted by atomic mass is 16.2. The Morgan fingerprint density at radius 1 is 1.03 bits per heavy atom.